The molecule has 1 saturated heterocycles. The summed E-state index contributed by atoms with van der Waals surface area (Å²) in [5.74, 6) is 0.659. The van der Waals surface area contributed by atoms with Gasteiger partial charge in [-0.15, -0.1) is 21.5 Å². The average Bonchev–Trinajstić information content (AvgIpc) is 3.30. The van der Waals surface area contributed by atoms with Gasteiger partial charge in [-0.05, 0) is 40.3 Å². The number of hydrogen-bond acceptors (Lipinski definition) is 6. The molecule has 1 N–H and O–H groups in total. The van der Waals surface area contributed by atoms with Gasteiger partial charge in [-0.25, -0.2) is 0 Å². The van der Waals surface area contributed by atoms with Crippen LogP contribution in [-0.2, 0) is 4.74 Å². The van der Waals surface area contributed by atoms with E-state index in [2.05, 4.69) is 48.7 Å². The molecule has 3 heterocycles. The molecule has 0 spiro atoms. The van der Waals surface area contributed by atoms with Crippen LogP contribution in [-0.4, -0.2) is 41.5 Å². The third kappa shape index (κ3) is 3.20. The summed E-state index contributed by atoms with van der Waals surface area (Å²) in [5, 5.41) is 19.7. The van der Waals surface area contributed by atoms with Crippen LogP contribution in [0, 0.1) is 14.9 Å². The van der Waals surface area contributed by atoms with E-state index in [1.807, 2.05) is 18.2 Å². The molecule has 2 aromatic heterocycles. The largest absolute Gasteiger partial charge is 0.378 e. The maximum atomic E-state index is 9.97. The first-order valence-electron chi connectivity index (χ1n) is 7.90. The Hall–Kier alpha value is -1.67. The van der Waals surface area contributed by atoms with Gasteiger partial charge in [-0.2, -0.15) is 5.26 Å². The third-order valence-electron chi connectivity index (χ3n) is 4.13. The fourth-order valence-corrected chi connectivity index (χ4v) is 5.35. The zero-order chi connectivity index (χ0) is 18.1. The lowest BCUT2D eigenvalue weighted by atomic mass is 10.0. The Kier molecular flexibility index (Phi) is 5.13. The van der Waals surface area contributed by atoms with Gasteiger partial charge in [-0.3, -0.25) is 0 Å². The summed E-state index contributed by atoms with van der Waals surface area (Å²) < 4.78 is 6.44. The second-order valence-electron chi connectivity index (χ2n) is 5.66. The molecule has 0 bridgehead atoms. The molecule has 0 atom stereocenters. The molecule has 9 heteroatoms. The van der Waals surface area contributed by atoms with Crippen molar-refractivity contribution in [3.05, 3.63) is 38.7 Å². The monoisotopic (exact) mass is 497 g/mol. The van der Waals surface area contributed by atoms with Gasteiger partial charge < -0.3 is 14.6 Å². The van der Waals surface area contributed by atoms with Gasteiger partial charge in [0.2, 0.25) is 0 Å². The number of benzene rings is 1. The number of ether oxygens (including phenoxy) is 1. The predicted molar refractivity (Wildman–Crippen MR) is 111 cm³/mol. The first-order valence-corrected chi connectivity index (χ1v) is 10.2. The number of nitrogens with zero attached hydrogens (tertiary/aromatic N) is 4. The predicted octanol–water partition coefficient (Wildman–Crippen LogP) is 4.17. The molecule has 0 aliphatic carbocycles. The summed E-state index contributed by atoms with van der Waals surface area (Å²) in [6, 6.07) is 8.11. The molecule has 1 fully saturated rings. The Labute approximate surface area is 172 Å². The standard InChI is InChI=1S/C17H13ClIN5OS/c18-10-1-2-11(13(19)7-10)14-12(8-20)17(24-3-5-25-6-4-24)26-15(14)16-21-9-22-23-16/h1-2,7,9H,3-6H2,(H,21,22,23). The highest BCUT2D eigenvalue weighted by molar-refractivity contribution is 14.1. The lowest BCUT2D eigenvalue weighted by molar-refractivity contribution is 0.123. The molecule has 1 aromatic carbocycles. The lowest BCUT2D eigenvalue weighted by Gasteiger charge is -2.27. The van der Waals surface area contributed by atoms with Crippen molar-refractivity contribution in [2.45, 2.75) is 0 Å². The van der Waals surface area contributed by atoms with E-state index in [1.165, 1.54) is 0 Å². The van der Waals surface area contributed by atoms with Crippen LogP contribution in [0.3, 0.4) is 0 Å². The molecular formula is C17H13ClIN5OS. The highest BCUT2D eigenvalue weighted by Gasteiger charge is 2.27. The summed E-state index contributed by atoms with van der Waals surface area (Å²) >= 11 is 9.94. The zero-order valence-electron chi connectivity index (χ0n) is 13.5. The second kappa shape index (κ2) is 7.52. The van der Waals surface area contributed by atoms with Crippen molar-refractivity contribution in [1.82, 2.24) is 15.2 Å². The van der Waals surface area contributed by atoms with Crippen LogP contribution in [0.4, 0.5) is 5.00 Å². The number of aromatic amines is 1. The van der Waals surface area contributed by atoms with Crippen molar-refractivity contribution in [2.24, 2.45) is 0 Å². The van der Waals surface area contributed by atoms with Crippen molar-refractivity contribution >= 4 is 50.5 Å². The van der Waals surface area contributed by atoms with E-state index in [-0.39, 0.29) is 0 Å². The van der Waals surface area contributed by atoms with E-state index in [0.717, 1.165) is 37.7 Å². The fraction of sp³-hybridized carbons (Fsp3) is 0.235. The number of nitriles is 1. The van der Waals surface area contributed by atoms with Crippen LogP contribution in [0.2, 0.25) is 5.02 Å². The highest BCUT2D eigenvalue weighted by atomic mass is 127. The van der Waals surface area contributed by atoms with E-state index in [1.54, 1.807) is 17.7 Å². The van der Waals surface area contributed by atoms with E-state index in [4.69, 9.17) is 16.3 Å². The minimum Gasteiger partial charge on any atom is -0.378 e. The normalized spacial score (nSPS) is 14.4. The minimum atomic E-state index is 0.656. The van der Waals surface area contributed by atoms with Crippen molar-refractivity contribution in [3.8, 4) is 27.9 Å². The number of H-pyrrole nitrogens is 1. The molecule has 6 nitrogen and oxygen atoms in total. The van der Waals surface area contributed by atoms with Crippen LogP contribution in [0.1, 0.15) is 5.56 Å². The number of morpholine rings is 1. The van der Waals surface area contributed by atoms with Crippen LogP contribution < -0.4 is 4.90 Å². The highest BCUT2D eigenvalue weighted by Crippen LogP contribution is 2.47. The van der Waals surface area contributed by atoms with Crippen LogP contribution in [0.5, 0.6) is 0 Å². The van der Waals surface area contributed by atoms with E-state index in [0.29, 0.717) is 29.6 Å². The molecule has 132 valence electrons. The first-order chi connectivity index (χ1) is 12.7. The molecular weight excluding hydrogens is 485 g/mol. The number of anilines is 1. The van der Waals surface area contributed by atoms with Gasteiger partial charge in [0.1, 0.15) is 17.4 Å². The SMILES string of the molecule is N#Cc1c(N2CCOCC2)sc(-c2nnc[nH]2)c1-c1ccc(Cl)cc1I. The molecule has 0 amide bonds. The van der Waals surface area contributed by atoms with Gasteiger partial charge in [0.25, 0.3) is 0 Å². The molecule has 0 unspecified atom stereocenters. The maximum Gasteiger partial charge on any atom is 0.171 e. The number of nitrogens with one attached hydrogen (secondary N) is 1. The summed E-state index contributed by atoms with van der Waals surface area (Å²) in [5.41, 5.74) is 2.49. The van der Waals surface area contributed by atoms with Gasteiger partial charge in [0, 0.05) is 27.2 Å². The smallest absolute Gasteiger partial charge is 0.171 e. The van der Waals surface area contributed by atoms with E-state index >= 15 is 0 Å². The van der Waals surface area contributed by atoms with E-state index in [9.17, 15) is 5.26 Å². The van der Waals surface area contributed by atoms with Crippen molar-refractivity contribution in [2.75, 3.05) is 31.2 Å². The maximum absolute atomic E-state index is 9.97. The number of rotatable bonds is 3. The van der Waals surface area contributed by atoms with Crippen molar-refractivity contribution in [1.29, 1.82) is 5.26 Å². The lowest BCUT2D eigenvalue weighted by Crippen LogP contribution is -2.36. The van der Waals surface area contributed by atoms with Gasteiger partial charge in [0.05, 0.1) is 23.7 Å². The zero-order valence-corrected chi connectivity index (χ0v) is 17.2. The van der Waals surface area contributed by atoms with Crippen LogP contribution in [0.25, 0.3) is 21.8 Å². The molecule has 1 aliphatic rings. The Morgan fingerprint density at radius 2 is 2.15 bits per heavy atom. The molecule has 4 rings (SSSR count). The fourth-order valence-electron chi connectivity index (χ4n) is 2.94. The third-order valence-corrected chi connectivity index (χ3v) is 6.52. The van der Waals surface area contributed by atoms with Gasteiger partial charge in [-0.1, -0.05) is 17.7 Å². The van der Waals surface area contributed by atoms with Crippen molar-refractivity contribution in [3.63, 3.8) is 0 Å². The molecule has 1 aliphatic heterocycles. The minimum absolute atomic E-state index is 0.656. The van der Waals surface area contributed by atoms with E-state index < -0.39 is 0 Å². The van der Waals surface area contributed by atoms with Crippen LogP contribution in [0.15, 0.2) is 24.5 Å². The molecule has 0 radical (unpaired) electrons. The molecule has 3 aromatic rings. The quantitative estimate of drug-likeness (QED) is 0.550. The molecule has 26 heavy (non-hydrogen) atoms. The Bertz CT molecular complexity index is 976. The first kappa shape index (κ1) is 17.7. The summed E-state index contributed by atoms with van der Waals surface area (Å²) in [7, 11) is 0. The Morgan fingerprint density at radius 3 is 2.81 bits per heavy atom. The summed E-state index contributed by atoms with van der Waals surface area (Å²) in [6.45, 7) is 2.85. The average molecular weight is 498 g/mol. The number of hydrogen-bond donors (Lipinski definition) is 1. The van der Waals surface area contributed by atoms with Crippen molar-refractivity contribution < 1.29 is 4.74 Å². The number of thiophene rings is 1. The summed E-state index contributed by atoms with van der Waals surface area (Å²) in [6.07, 6.45) is 1.55. The number of halogens is 2. The number of aromatic nitrogens is 3. The Balaban J connectivity index is 1.95. The second-order valence-corrected chi connectivity index (χ2v) is 8.26. The van der Waals surface area contributed by atoms with Gasteiger partial charge in [0.15, 0.2) is 5.82 Å². The topological polar surface area (TPSA) is 77.8 Å². The Morgan fingerprint density at radius 1 is 1.35 bits per heavy atom. The van der Waals surface area contributed by atoms with Gasteiger partial charge >= 0.3 is 0 Å². The summed E-state index contributed by atoms with van der Waals surface area (Å²) in [4.78, 5) is 6.18. The molecule has 0 saturated carbocycles. The van der Waals surface area contributed by atoms with Crippen LogP contribution >= 0.6 is 45.5 Å².